The first kappa shape index (κ1) is 20.4. The van der Waals surface area contributed by atoms with E-state index in [2.05, 4.69) is 71.3 Å². The van der Waals surface area contributed by atoms with E-state index in [9.17, 15) is 4.79 Å². The quantitative estimate of drug-likeness (QED) is 0.554. The summed E-state index contributed by atoms with van der Waals surface area (Å²) >= 11 is 1.79. The van der Waals surface area contributed by atoms with E-state index < -0.39 is 0 Å². The third kappa shape index (κ3) is 5.35. The molecule has 0 aliphatic carbocycles. The molecule has 1 amide bonds. The topological polar surface area (TPSA) is 56.7 Å². The molecule has 1 aromatic heterocycles. The number of carbonyl (C=O) groups is 1. The lowest BCUT2D eigenvalue weighted by molar-refractivity contribution is -0.128. The van der Waals surface area contributed by atoms with Crippen LogP contribution in [0.2, 0.25) is 0 Å². The second-order valence-corrected chi connectivity index (χ2v) is 8.82. The first-order valence-electron chi connectivity index (χ1n) is 9.82. The Morgan fingerprint density at radius 3 is 2.54 bits per heavy atom. The molecule has 2 N–H and O–H groups in total. The van der Waals surface area contributed by atoms with Crippen molar-refractivity contribution in [3.63, 3.8) is 0 Å². The van der Waals surface area contributed by atoms with Gasteiger partial charge in [-0.3, -0.25) is 9.79 Å². The summed E-state index contributed by atoms with van der Waals surface area (Å²) in [6.45, 7) is 7.60. The Kier molecular flexibility index (Phi) is 6.73. The second kappa shape index (κ2) is 9.24. The first-order chi connectivity index (χ1) is 13.5. The molecule has 0 spiro atoms. The number of nitrogens with zero attached hydrogens (tertiary/aromatic N) is 2. The first-order valence-corrected chi connectivity index (χ1v) is 10.7. The molecule has 0 unspecified atom stereocenters. The Labute approximate surface area is 171 Å². The van der Waals surface area contributed by atoms with Gasteiger partial charge in [0, 0.05) is 49.9 Å². The number of thiophene rings is 1. The number of hydrogen-bond acceptors (Lipinski definition) is 3. The molecule has 1 aliphatic rings. The maximum Gasteiger partial charge on any atom is 0.222 e. The maximum atomic E-state index is 11.8. The summed E-state index contributed by atoms with van der Waals surface area (Å²) < 4.78 is 0. The van der Waals surface area contributed by atoms with Gasteiger partial charge < -0.3 is 15.5 Å². The molecular weight excluding hydrogens is 368 g/mol. The van der Waals surface area contributed by atoms with Crippen LogP contribution in [0.1, 0.15) is 42.7 Å². The molecule has 1 aliphatic heterocycles. The summed E-state index contributed by atoms with van der Waals surface area (Å²) in [6, 6.07) is 12.7. The van der Waals surface area contributed by atoms with Crippen molar-refractivity contribution in [3.05, 3.63) is 57.8 Å². The number of carbonyl (C=O) groups excluding carboxylic acids is 1. The highest BCUT2D eigenvalue weighted by Gasteiger charge is 2.22. The number of guanidine groups is 1. The van der Waals surface area contributed by atoms with E-state index in [4.69, 9.17) is 0 Å². The van der Waals surface area contributed by atoms with Crippen LogP contribution in [0.15, 0.2) is 46.8 Å². The van der Waals surface area contributed by atoms with Crippen LogP contribution in [0.25, 0.3) is 0 Å². The molecule has 0 radical (unpaired) electrons. The summed E-state index contributed by atoms with van der Waals surface area (Å²) in [5.74, 6) is 1.07. The van der Waals surface area contributed by atoms with E-state index in [0.29, 0.717) is 19.5 Å². The number of amides is 1. The van der Waals surface area contributed by atoms with Crippen LogP contribution in [0, 0.1) is 0 Å². The third-order valence-electron chi connectivity index (χ3n) is 5.14. The Hall–Kier alpha value is -2.34. The minimum Gasteiger partial charge on any atom is -0.356 e. The normalized spacial score (nSPS) is 15.2. The Morgan fingerprint density at radius 1 is 1.18 bits per heavy atom. The van der Waals surface area contributed by atoms with Crippen molar-refractivity contribution in [1.29, 1.82) is 0 Å². The second-order valence-electron chi connectivity index (χ2n) is 7.88. The van der Waals surface area contributed by atoms with Gasteiger partial charge >= 0.3 is 0 Å². The van der Waals surface area contributed by atoms with Crippen molar-refractivity contribution >= 4 is 23.2 Å². The van der Waals surface area contributed by atoms with Crippen LogP contribution in [0.3, 0.4) is 0 Å². The average Bonchev–Trinajstić information content (AvgIpc) is 3.36. The van der Waals surface area contributed by atoms with Crippen molar-refractivity contribution in [2.75, 3.05) is 20.1 Å². The van der Waals surface area contributed by atoms with Crippen molar-refractivity contribution < 1.29 is 4.79 Å². The van der Waals surface area contributed by atoms with Crippen LogP contribution in [0.5, 0.6) is 0 Å². The molecule has 1 aromatic carbocycles. The minimum absolute atomic E-state index is 0.0560. The van der Waals surface area contributed by atoms with Gasteiger partial charge in [0.05, 0.1) is 0 Å². The van der Waals surface area contributed by atoms with Crippen molar-refractivity contribution in [3.8, 4) is 0 Å². The molecule has 0 atom stereocenters. The van der Waals surface area contributed by atoms with E-state index in [0.717, 1.165) is 25.5 Å². The fourth-order valence-corrected chi connectivity index (χ4v) is 4.17. The SMILES string of the molecule is CN=C(NCc1ccc(CN2CCCC2=O)cc1)NCC(C)(C)c1cccs1. The number of likely N-dealkylation sites (tertiary alicyclic amines) is 1. The molecule has 150 valence electrons. The van der Waals surface area contributed by atoms with Crippen LogP contribution in [-0.4, -0.2) is 36.9 Å². The molecule has 1 fully saturated rings. The lowest BCUT2D eigenvalue weighted by Crippen LogP contribution is -2.42. The van der Waals surface area contributed by atoms with E-state index in [1.165, 1.54) is 16.0 Å². The summed E-state index contributed by atoms with van der Waals surface area (Å²) in [5, 5.41) is 8.93. The van der Waals surface area contributed by atoms with Gasteiger partial charge in [0.15, 0.2) is 5.96 Å². The van der Waals surface area contributed by atoms with Gasteiger partial charge in [0.2, 0.25) is 5.91 Å². The van der Waals surface area contributed by atoms with E-state index in [1.807, 2.05) is 4.90 Å². The van der Waals surface area contributed by atoms with Crippen LogP contribution in [-0.2, 0) is 23.3 Å². The zero-order valence-corrected chi connectivity index (χ0v) is 17.8. The van der Waals surface area contributed by atoms with Crippen LogP contribution >= 0.6 is 11.3 Å². The predicted molar refractivity (Wildman–Crippen MR) is 117 cm³/mol. The average molecular weight is 399 g/mol. The van der Waals surface area contributed by atoms with Crippen molar-refractivity contribution in [1.82, 2.24) is 15.5 Å². The zero-order valence-electron chi connectivity index (χ0n) is 17.0. The van der Waals surface area contributed by atoms with E-state index >= 15 is 0 Å². The molecule has 28 heavy (non-hydrogen) atoms. The Bertz CT molecular complexity index is 796. The molecular formula is C22H30N4OS. The van der Waals surface area contributed by atoms with Crippen LogP contribution < -0.4 is 10.6 Å². The number of rotatable bonds is 7. The Morgan fingerprint density at radius 2 is 1.93 bits per heavy atom. The highest BCUT2D eigenvalue weighted by molar-refractivity contribution is 7.10. The van der Waals surface area contributed by atoms with Gasteiger partial charge in [0.1, 0.15) is 0 Å². The van der Waals surface area contributed by atoms with Crippen LogP contribution in [0.4, 0.5) is 0 Å². The summed E-state index contributed by atoms with van der Waals surface area (Å²) in [6.07, 6.45) is 1.67. The number of benzene rings is 1. The van der Waals surface area contributed by atoms with Gasteiger partial charge in [-0.2, -0.15) is 0 Å². The summed E-state index contributed by atoms with van der Waals surface area (Å²) in [4.78, 5) is 19.4. The number of aliphatic imine (C=N–C) groups is 1. The van der Waals surface area contributed by atoms with Gasteiger partial charge in [0.25, 0.3) is 0 Å². The highest BCUT2D eigenvalue weighted by atomic mass is 32.1. The predicted octanol–water partition coefficient (Wildman–Crippen LogP) is 3.51. The zero-order chi connectivity index (χ0) is 20.0. The standard InChI is InChI=1S/C22H30N4OS/c1-22(2,19-6-5-13-28-19)16-25-21(23-3)24-14-17-8-10-18(11-9-17)15-26-12-4-7-20(26)27/h5-6,8-11,13H,4,7,12,14-16H2,1-3H3,(H2,23,24,25). The highest BCUT2D eigenvalue weighted by Crippen LogP contribution is 2.26. The monoisotopic (exact) mass is 398 g/mol. The van der Waals surface area contributed by atoms with E-state index in [-0.39, 0.29) is 11.3 Å². The molecule has 3 rings (SSSR count). The fourth-order valence-electron chi connectivity index (χ4n) is 3.32. The smallest absolute Gasteiger partial charge is 0.222 e. The fraction of sp³-hybridized carbons (Fsp3) is 0.455. The van der Waals surface area contributed by atoms with Gasteiger partial charge in [-0.25, -0.2) is 0 Å². The molecule has 2 heterocycles. The van der Waals surface area contributed by atoms with Gasteiger partial charge in [-0.05, 0) is 29.0 Å². The lowest BCUT2D eigenvalue weighted by atomic mass is 9.91. The largest absolute Gasteiger partial charge is 0.356 e. The van der Waals surface area contributed by atoms with Crippen molar-refractivity contribution in [2.24, 2.45) is 4.99 Å². The summed E-state index contributed by atoms with van der Waals surface area (Å²) in [7, 11) is 1.80. The molecule has 5 nitrogen and oxygen atoms in total. The molecule has 1 saturated heterocycles. The van der Waals surface area contributed by atoms with Gasteiger partial charge in [-0.1, -0.05) is 44.2 Å². The molecule has 0 bridgehead atoms. The van der Waals surface area contributed by atoms with Crippen molar-refractivity contribution in [2.45, 2.75) is 45.2 Å². The minimum atomic E-state index is 0.0560. The number of hydrogen-bond donors (Lipinski definition) is 2. The number of nitrogens with one attached hydrogen (secondary N) is 2. The molecule has 6 heteroatoms. The third-order valence-corrected chi connectivity index (χ3v) is 6.37. The maximum absolute atomic E-state index is 11.8. The van der Waals surface area contributed by atoms with Gasteiger partial charge in [-0.15, -0.1) is 11.3 Å². The lowest BCUT2D eigenvalue weighted by Gasteiger charge is -2.25. The Balaban J connectivity index is 1.47. The summed E-state index contributed by atoms with van der Waals surface area (Å²) in [5.41, 5.74) is 2.43. The molecule has 2 aromatic rings. The molecule has 0 saturated carbocycles. The van der Waals surface area contributed by atoms with E-state index in [1.54, 1.807) is 18.4 Å².